The zero-order valence-corrected chi connectivity index (χ0v) is 16.5. The van der Waals surface area contributed by atoms with Gasteiger partial charge in [0.25, 0.3) is 0 Å². The maximum atomic E-state index is 12.7. The third-order valence-corrected chi connectivity index (χ3v) is 3.65. The van der Waals surface area contributed by atoms with Gasteiger partial charge in [0.1, 0.15) is 12.4 Å². The highest BCUT2D eigenvalue weighted by atomic mass is 35.5. The van der Waals surface area contributed by atoms with Crippen molar-refractivity contribution in [2.24, 2.45) is 0 Å². The van der Waals surface area contributed by atoms with Gasteiger partial charge in [-0.3, -0.25) is 4.98 Å². The summed E-state index contributed by atoms with van der Waals surface area (Å²) in [4.78, 5) is 18.5. The normalized spacial score (nSPS) is 12.3. The fraction of sp³-hybridized carbons (Fsp3) is 0.333. The maximum Gasteiger partial charge on any atom is 0.347 e. The molecule has 0 aliphatic heterocycles. The number of hydrogen-bond donors (Lipinski definition) is 1. The summed E-state index contributed by atoms with van der Waals surface area (Å²) in [6.45, 7) is 0.752. The summed E-state index contributed by atoms with van der Waals surface area (Å²) in [5.41, 5.74) is -1.18. The van der Waals surface area contributed by atoms with E-state index in [0.717, 1.165) is 0 Å². The molecule has 0 saturated carbocycles. The molecule has 2 rings (SSSR count). The Morgan fingerprint density at radius 3 is 2.31 bits per heavy atom. The molecule has 1 atom stereocenters. The van der Waals surface area contributed by atoms with Crippen LogP contribution in [0.4, 0.5) is 0 Å². The van der Waals surface area contributed by atoms with Gasteiger partial charge in [0.2, 0.25) is 5.60 Å². The minimum absolute atomic E-state index is 0. The highest BCUT2D eigenvalue weighted by Gasteiger charge is 2.42. The Balaban J connectivity index is 0.00000312. The van der Waals surface area contributed by atoms with Crippen molar-refractivity contribution in [1.82, 2.24) is 9.88 Å². The van der Waals surface area contributed by atoms with Crippen LogP contribution in [-0.2, 0) is 15.1 Å². The molecule has 0 spiro atoms. The van der Waals surface area contributed by atoms with Crippen LogP contribution in [-0.4, -0.2) is 55.3 Å². The van der Waals surface area contributed by atoms with Gasteiger partial charge in [-0.05, 0) is 37.9 Å². The van der Waals surface area contributed by atoms with Crippen molar-refractivity contribution in [3.05, 3.63) is 59.9 Å². The van der Waals surface area contributed by atoms with Crippen LogP contribution in [0, 0.1) is 0 Å². The van der Waals surface area contributed by atoms with Gasteiger partial charge in [-0.15, -0.1) is 24.8 Å². The van der Waals surface area contributed by atoms with Crippen molar-refractivity contribution >= 4 is 30.8 Å². The number of carbonyl (C=O) groups is 1. The van der Waals surface area contributed by atoms with E-state index < -0.39 is 11.6 Å². The van der Waals surface area contributed by atoms with Crippen molar-refractivity contribution in [2.45, 2.75) is 5.60 Å². The number of methoxy groups -OCH3 is 1. The van der Waals surface area contributed by atoms with E-state index in [4.69, 9.17) is 9.47 Å². The lowest BCUT2D eigenvalue weighted by Crippen LogP contribution is -2.39. The van der Waals surface area contributed by atoms with E-state index in [1.54, 1.807) is 49.7 Å². The van der Waals surface area contributed by atoms with Gasteiger partial charge < -0.3 is 19.5 Å². The standard InChI is InChI=1S/C18H22N2O4.2ClH/c1-20(2)11-12-24-17(21)18(22,15-5-4-10-19-13-15)14-6-8-16(23-3)9-7-14;;/h4-10,13,22H,11-12H2,1-3H3;2*1H. The molecule has 0 saturated heterocycles. The molecule has 1 heterocycles. The Kier molecular flexibility index (Phi) is 10.2. The smallest absolute Gasteiger partial charge is 0.347 e. The minimum atomic E-state index is -1.92. The van der Waals surface area contributed by atoms with E-state index in [1.165, 1.54) is 6.20 Å². The number of rotatable bonds is 7. The predicted octanol–water partition coefficient (Wildman–Crippen LogP) is 2.27. The summed E-state index contributed by atoms with van der Waals surface area (Å²) in [5.74, 6) is -0.101. The van der Waals surface area contributed by atoms with Crippen molar-refractivity contribution in [1.29, 1.82) is 0 Å². The fourth-order valence-electron chi connectivity index (χ4n) is 2.24. The SMILES string of the molecule is COc1ccc(C(O)(C(=O)OCCN(C)C)c2cccnc2)cc1.Cl.Cl. The van der Waals surface area contributed by atoms with Gasteiger partial charge in [0, 0.05) is 24.5 Å². The summed E-state index contributed by atoms with van der Waals surface area (Å²) in [6, 6.07) is 9.95. The molecule has 26 heavy (non-hydrogen) atoms. The summed E-state index contributed by atoms with van der Waals surface area (Å²) < 4.78 is 10.4. The Hall–Kier alpha value is -1.86. The van der Waals surface area contributed by atoms with Crippen LogP contribution in [0.15, 0.2) is 48.8 Å². The van der Waals surface area contributed by atoms with E-state index in [1.807, 2.05) is 19.0 Å². The van der Waals surface area contributed by atoms with Gasteiger partial charge in [-0.1, -0.05) is 18.2 Å². The molecule has 144 valence electrons. The van der Waals surface area contributed by atoms with Gasteiger partial charge >= 0.3 is 5.97 Å². The average molecular weight is 403 g/mol. The molecule has 1 aromatic carbocycles. The van der Waals surface area contributed by atoms with Crippen LogP contribution < -0.4 is 4.74 Å². The first-order valence-electron chi connectivity index (χ1n) is 7.58. The molecule has 2 aromatic rings. The second kappa shape index (κ2) is 11.0. The highest BCUT2D eigenvalue weighted by molar-refractivity contribution is 5.86. The van der Waals surface area contributed by atoms with Gasteiger partial charge in [0.05, 0.1) is 7.11 Å². The van der Waals surface area contributed by atoms with E-state index in [9.17, 15) is 9.90 Å². The van der Waals surface area contributed by atoms with E-state index in [2.05, 4.69) is 4.98 Å². The minimum Gasteiger partial charge on any atom is -0.497 e. The quantitative estimate of drug-likeness (QED) is 0.716. The van der Waals surface area contributed by atoms with Crippen LogP contribution in [0.1, 0.15) is 11.1 Å². The lowest BCUT2D eigenvalue weighted by atomic mass is 9.87. The van der Waals surface area contributed by atoms with Crippen LogP contribution in [0.2, 0.25) is 0 Å². The second-order valence-corrected chi connectivity index (χ2v) is 5.62. The Morgan fingerprint density at radius 1 is 1.15 bits per heavy atom. The number of esters is 1. The molecule has 0 fully saturated rings. The number of pyridine rings is 1. The van der Waals surface area contributed by atoms with Gasteiger partial charge in [-0.2, -0.15) is 0 Å². The van der Waals surface area contributed by atoms with Crippen LogP contribution in [0.25, 0.3) is 0 Å². The number of ether oxygens (including phenoxy) is 2. The van der Waals surface area contributed by atoms with Gasteiger partial charge in [-0.25, -0.2) is 4.79 Å². The zero-order chi connectivity index (χ0) is 17.6. The number of aromatic nitrogens is 1. The third-order valence-electron chi connectivity index (χ3n) is 3.65. The monoisotopic (exact) mass is 402 g/mol. The van der Waals surface area contributed by atoms with E-state index >= 15 is 0 Å². The first kappa shape index (κ1) is 24.1. The number of halogens is 2. The molecular formula is C18H24Cl2N2O4. The predicted molar refractivity (Wildman–Crippen MR) is 104 cm³/mol. The second-order valence-electron chi connectivity index (χ2n) is 5.62. The fourth-order valence-corrected chi connectivity index (χ4v) is 2.24. The summed E-state index contributed by atoms with van der Waals surface area (Å²) >= 11 is 0. The molecule has 1 unspecified atom stereocenters. The van der Waals surface area contributed by atoms with E-state index in [0.29, 0.717) is 23.4 Å². The number of carbonyl (C=O) groups excluding carboxylic acids is 1. The zero-order valence-electron chi connectivity index (χ0n) is 14.9. The summed E-state index contributed by atoms with van der Waals surface area (Å²) in [5, 5.41) is 11.2. The number of likely N-dealkylation sites (N-methyl/N-ethyl adjacent to an activating group) is 1. The van der Waals surface area contributed by atoms with Crippen molar-refractivity contribution in [3.8, 4) is 5.75 Å². The largest absolute Gasteiger partial charge is 0.497 e. The molecule has 0 aliphatic carbocycles. The highest BCUT2D eigenvalue weighted by Crippen LogP contribution is 2.31. The first-order valence-corrected chi connectivity index (χ1v) is 7.58. The molecular weight excluding hydrogens is 379 g/mol. The first-order chi connectivity index (χ1) is 11.5. The molecule has 0 aliphatic rings. The topological polar surface area (TPSA) is 71.9 Å². The Morgan fingerprint density at radius 2 is 1.81 bits per heavy atom. The van der Waals surface area contributed by atoms with Gasteiger partial charge in [0.15, 0.2) is 0 Å². The molecule has 1 aromatic heterocycles. The molecule has 0 radical (unpaired) electrons. The Bertz CT molecular complexity index is 669. The molecule has 0 amide bonds. The van der Waals surface area contributed by atoms with Crippen molar-refractivity contribution in [2.75, 3.05) is 34.4 Å². The molecule has 1 N–H and O–H groups in total. The lowest BCUT2D eigenvalue weighted by Gasteiger charge is -2.27. The van der Waals surface area contributed by atoms with Crippen LogP contribution >= 0.6 is 24.8 Å². The third kappa shape index (κ3) is 5.57. The lowest BCUT2D eigenvalue weighted by molar-refractivity contribution is -0.162. The average Bonchev–Trinajstić information content (AvgIpc) is 2.61. The molecule has 6 nitrogen and oxygen atoms in total. The number of benzene rings is 1. The summed E-state index contributed by atoms with van der Waals surface area (Å²) in [6.07, 6.45) is 3.03. The molecule has 8 heteroatoms. The number of hydrogen-bond acceptors (Lipinski definition) is 6. The van der Waals surface area contributed by atoms with Crippen molar-refractivity contribution < 1.29 is 19.4 Å². The van der Waals surface area contributed by atoms with E-state index in [-0.39, 0.29) is 31.4 Å². The van der Waals surface area contributed by atoms with Crippen LogP contribution in [0.5, 0.6) is 5.75 Å². The number of aliphatic hydroxyl groups is 1. The van der Waals surface area contributed by atoms with Crippen molar-refractivity contribution in [3.63, 3.8) is 0 Å². The van der Waals surface area contributed by atoms with Crippen LogP contribution in [0.3, 0.4) is 0 Å². The maximum absolute atomic E-state index is 12.7. The molecule has 0 bridgehead atoms. The number of nitrogens with zero attached hydrogens (tertiary/aromatic N) is 2. The Labute approximate surface area is 166 Å². The summed E-state index contributed by atoms with van der Waals surface area (Å²) in [7, 11) is 5.31.